The third-order valence-corrected chi connectivity index (χ3v) is 3.81. The van der Waals surface area contributed by atoms with Gasteiger partial charge in [-0.25, -0.2) is 9.97 Å². The molecule has 6 heteroatoms. The molecule has 0 unspecified atom stereocenters. The predicted octanol–water partition coefficient (Wildman–Crippen LogP) is 2.63. The molecule has 2 aromatic rings. The molecular weight excluding hydrogens is 286 g/mol. The highest BCUT2D eigenvalue weighted by molar-refractivity contribution is 6.30. The second-order valence-electron chi connectivity index (χ2n) is 5.19. The Kier molecular flexibility index (Phi) is 4.22. The van der Waals surface area contributed by atoms with Crippen LogP contribution in [0.4, 0.5) is 17.3 Å². The van der Waals surface area contributed by atoms with Crippen LogP contribution in [0.3, 0.4) is 0 Å². The van der Waals surface area contributed by atoms with E-state index in [9.17, 15) is 0 Å². The van der Waals surface area contributed by atoms with Gasteiger partial charge in [0.15, 0.2) is 0 Å². The zero-order chi connectivity index (χ0) is 14.7. The summed E-state index contributed by atoms with van der Waals surface area (Å²) in [6, 6.07) is 8.35. The number of likely N-dealkylation sites (N-methyl/N-ethyl adjacent to an activating group) is 1. The molecule has 0 bridgehead atoms. The lowest BCUT2D eigenvalue weighted by atomic mass is 10.2. The Morgan fingerprint density at radius 2 is 1.62 bits per heavy atom. The van der Waals surface area contributed by atoms with Gasteiger partial charge in [-0.1, -0.05) is 11.6 Å². The van der Waals surface area contributed by atoms with Crippen molar-refractivity contribution >= 4 is 28.9 Å². The lowest BCUT2D eigenvalue weighted by molar-refractivity contribution is 0.313. The highest BCUT2D eigenvalue weighted by atomic mass is 35.5. The van der Waals surface area contributed by atoms with E-state index >= 15 is 0 Å². The molecule has 0 amide bonds. The van der Waals surface area contributed by atoms with Crippen molar-refractivity contribution in [1.29, 1.82) is 0 Å². The average Bonchev–Trinajstić information content (AvgIpc) is 2.51. The van der Waals surface area contributed by atoms with Gasteiger partial charge in [-0.15, -0.1) is 0 Å². The standard InChI is InChI=1S/C15H18ClN5/c1-20-6-8-21(9-7-20)14-4-2-13(3-5-14)19-15-17-10-12(16)11-18-15/h2-5,10-11H,6-9H2,1H3,(H,17,18,19). The molecule has 1 aliphatic rings. The normalized spacial score (nSPS) is 16.0. The second-order valence-corrected chi connectivity index (χ2v) is 5.62. The SMILES string of the molecule is CN1CCN(c2ccc(Nc3ncc(Cl)cn3)cc2)CC1. The second kappa shape index (κ2) is 6.28. The van der Waals surface area contributed by atoms with E-state index in [0.717, 1.165) is 31.9 Å². The predicted molar refractivity (Wildman–Crippen MR) is 86.5 cm³/mol. The summed E-state index contributed by atoms with van der Waals surface area (Å²) in [7, 11) is 2.16. The molecule has 0 atom stereocenters. The van der Waals surface area contributed by atoms with E-state index in [1.54, 1.807) is 12.4 Å². The average molecular weight is 304 g/mol. The van der Waals surface area contributed by atoms with Gasteiger partial charge in [0, 0.05) is 37.6 Å². The summed E-state index contributed by atoms with van der Waals surface area (Å²) in [5, 5.41) is 3.69. The molecule has 1 fully saturated rings. The van der Waals surface area contributed by atoms with Crippen LogP contribution in [-0.2, 0) is 0 Å². The first-order valence-electron chi connectivity index (χ1n) is 6.99. The number of halogens is 1. The molecule has 1 aromatic heterocycles. The Bertz CT molecular complexity index is 576. The maximum atomic E-state index is 5.77. The minimum atomic E-state index is 0.533. The minimum Gasteiger partial charge on any atom is -0.369 e. The number of anilines is 3. The summed E-state index contributed by atoms with van der Waals surface area (Å²) in [5.41, 5.74) is 2.22. The minimum absolute atomic E-state index is 0.533. The number of hydrogen-bond donors (Lipinski definition) is 1. The summed E-state index contributed by atoms with van der Waals surface area (Å²) in [5.74, 6) is 0.548. The number of nitrogens with one attached hydrogen (secondary N) is 1. The first kappa shape index (κ1) is 14.1. The summed E-state index contributed by atoms with van der Waals surface area (Å²) in [6.45, 7) is 4.37. The number of nitrogens with zero attached hydrogens (tertiary/aromatic N) is 4. The van der Waals surface area contributed by atoms with Crippen LogP contribution in [0.5, 0.6) is 0 Å². The maximum absolute atomic E-state index is 5.77. The molecule has 1 N–H and O–H groups in total. The number of benzene rings is 1. The monoisotopic (exact) mass is 303 g/mol. The van der Waals surface area contributed by atoms with Crippen molar-refractivity contribution < 1.29 is 0 Å². The van der Waals surface area contributed by atoms with Crippen molar-refractivity contribution in [3.63, 3.8) is 0 Å². The first-order chi connectivity index (χ1) is 10.2. The van der Waals surface area contributed by atoms with Crippen molar-refractivity contribution in [3.05, 3.63) is 41.7 Å². The van der Waals surface area contributed by atoms with E-state index in [2.05, 4.69) is 44.3 Å². The van der Waals surface area contributed by atoms with Gasteiger partial charge in [0.25, 0.3) is 0 Å². The van der Waals surface area contributed by atoms with Crippen LogP contribution in [0, 0.1) is 0 Å². The van der Waals surface area contributed by atoms with Crippen LogP contribution < -0.4 is 10.2 Å². The molecule has 0 spiro atoms. The number of piperazine rings is 1. The summed E-state index contributed by atoms with van der Waals surface area (Å²) in [6.07, 6.45) is 3.16. The Morgan fingerprint density at radius 1 is 1.00 bits per heavy atom. The van der Waals surface area contributed by atoms with Gasteiger partial charge >= 0.3 is 0 Å². The number of rotatable bonds is 3. The molecule has 5 nitrogen and oxygen atoms in total. The van der Waals surface area contributed by atoms with Crippen molar-refractivity contribution in [1.82, 2.24) is 14.9 Å². The quantitative estimate of drug-likeness (QED) is 0.944. The molecule has 3 rings (SSSR count). The molecule has 0 saturated carbocycles. The highest BCUT2D eigenvalue weighted by Gasteiger charge is 2.13. The van der Waals surface area contributed by atoms with Gasteiger partial charge in [0.1, 0.15) is 0 Å². The maximum Gasteiger partial charge on any atom is 0.227 e. The van der Waals surface area contributed by atoms with E-state index in [1.165, 1.54) is 5.69 Å². The molecule has 1 aliphatic heterocycles. The zero-order valence-electron chi connectivity index (χ0n) is 12.0. The lowest BCUT2D eigenvalue weighted by Gasteiger charge is -2.34. The third-order valence-electron chi connectivity index (χ3n) is 3.61. The van der Waals surface area contributed by atoms with Gasteiger partial charge in [-0.2, -0.15) is 0 Å². The largest absolute Gasteiger partial charge is 0.369 e. The number of hydrogen-bond acceptors (Lipinski definition) is 5. The molecule has 0 radical (unpaired) electrons. The molecule has 110 valence electrons. The van der Waals surface area contributed by atoms with Crippen LogP contribution in [-0.4, -0.2) is 48.1 Å². The lowest BCUT2D eigenvalue weighted by Crippen LogP contribution is -2.44. The zero-order valence-corrected chi connectivity index (χ0v) is 12.7. The van der Waals surface area contributed by atoms with Crippen LogP contribution in [0.2, 0.25) is 5.02 Å². The first-order valence-corrected chi connectivity index (χ1v) is 7.37. The molecular formula is C15H18ClN5. The molecule has 2 heterocycles. The van der Waals surface area contributed by atoms with Gasteiger partial charge < -0.3 is 15.1 Å². The smallest absolute Gasteiger partial charge is 0.227 e. The fraction of sp³-hybridized carbons (Fsp3) is 0.333. The Labute approximate surface area is 129 Å². The van der Waals surface area contributed by atoms with Gasteiger partial charge in [-0.3, -0.25) is 0 Å². The highest BCUT2D eigenvalue weighted by Crippen LogP contribution is 2.21. The summed E-state index contributed by atoms with van der Waals surface area (Å²) >= 11 is 5.77. The van der Waals surface area contributed by atoms with Gasteiger partial charge in [0.05, 0.1) is 17.4 Å². The van der Waals surface area contributed by atoms with Crippen molar-refractivity contribution in [2.45, 2.75) is 0 Å². The Balaban J connectivity index is 1.65. The van der Waals surface area contributed by atoms with Crippen LogP contribution in [0.25, 0.3) is 0 Å². The molecule has 0 aliphatic carbocycles. The fourth-order valence-electron chi connectivity index (χ4n) is 2.33. The molecule has 1 saturated heterocycles. The van der Waals surface area contributed by atoms with Crippen LogP contribution >= 0.6 is 11.6 Å². The van der Waals surface area contributed by atoms with E-state index in [-0.39, 0.29) is 0 Å². The van der Waals surface area contributed by atoms with Gasteiger partial charge in [0.2, 0.25) is 5.95 Å². The van der Waals surface area contributed by atoms with Crippen molar-refractivity contribution in [2.24, 2.45) is 0 Å². The van der Waals surface area contributed by atoms with Crippen molar-refractivity contribution in [2.75, 3.05) is 43.4 Å². The van der Waals surface area contributed by atoms with Crippen molar-refractivity contribution in [3.8, 4) is 0 Å². The van der Waals surface area contributed by atoms with Crippen LogP contribution in [0.1, 0.15) is 0 Å². The van der Waals surface area contributed by atoms with E-state index in [4.69, 9.17) is 11.6 Å². The molecule has 21 heavy (non-hydrogen) atoms. The fourth-order valence-corrected chi connectivity index (χ4v) is 2.42. The summed E-state index contributed by atoms with van der Waals surface area (Å²) in [4.78, 5) is 13.0. The van der Waals surface area contributed by atoms with E-state index in [1.807, 2.05) is 12.1 Å². The van der Waals surface area contributed by atoms with E-state index in [0.29, 0.717) is 11.0 Å². The summed E-state index contributed by atoms with van der Waals surface area (Å²) < 4.78 is 0. The van der Waals surface area contributed by atoms with Crippen LogP contribution in [0.15, 0.2) is 36.7 Å². The van der Waals surface area contributed by atoms with Gasteiger partial charge in [-0.05, 0) is 31.3 Å². The number of aromatic nitrogens is 2. The Morgan fingerprint density at radius 3 is 2.24 bits per heavy atom. The topological polar surface area (TPSA) is 44.3 Å². The molecule has 1 aromatic carbocycles. The Hall–Kier alpha value is -1.85. The third kappa shape index (κ3) is 3.62. The van der Waals surface area contributed by atoms with E-state index < -0.39 is 0 Å².